The fourth-order valence-corrected chi connectivity index (χ4v) is 5.75. The monoisotopic (exact) mass is 570 g/mol. The highest BCUT2D eigenvalue weighted by Gasteiger charge is 2.32. The van der Waals surface area contributed by atoms with Gasteiger partial charge in [0, 0.05) is 30.8 Å². The van der Waals surface area contributed by atoms with Gasteiger partial charge in [0.05, 0.1) is 39.3 Å². The Hall–Kier alpha value is -4.38. The molecule has 1 aliphatic rings. The lowest BCUT2D eigenvalue weighted by Crippen LogP contribution is -2.37. The van der Waals surface area contributed by atoms with E-state index < -0.39 is 39.6 Å². The molecule has 1 aliphatic heterocycles. The molecule has 40 heavy (non-hydrogen) atoms. The normalized spacial score (nSPS) is 15.7. The number of halogens is 2. The van der Waals surface area contributed by atoms with Gasteiger partial charge in [0.15, 0.2) is 9.84 Å². The molecule has 0 spiro atoms. The molecular formula is C26H24F2N6O5S. The topological polar surface area (TPSA) is 151 Å². The van der Waals surface area contributed by atoms with Crippen LogP contribution in [0.2, 0.25) is 0 Å². The van der Waals surface area contributed by atoms with Gasteiger partial charge in [-0.2, -0.15) is 10.4 Å². The fourth-order valence-electron chi connectivity index (χ4n) is 4.77. The minimum Gasteiger partial charge on any atom is -0.486 e. The van der Waals surface area contributed by atoms with Crippen molar-refractivity contribution in [3.05, 3.63) is 63.8 Å². The van der Waals surface area contributed by atoms with Crippen molar-refractivity contribution in [1.29, 1.82) is 5.26 Å². The number of hydrogen-bond acceptors (Lipinski definition) is 8. The van der Waals surface area contributed by atoms with E-state index in [4.69, 9.17) is 4.74 Å². The van der Waals surface area contributed by atoms with E-state index in [-0.39, 0.29) is 37.4 Å². The summed E-state index contributed by atoms with van der Waals surface area (Å²) in [7, 11) is -3.29. The van der Waals surface area contributed by atoms with Crippen molar-refractivity contribution in [1.82, 2.24) is 24.6 Å². The molecular weight excluding hydrogens is 546 g/mol. The third kappa shape index (κ3) is 5.50. The Labute approximate surface area is 226 Å². The number of sulfone groups is 1. The predicted octanol–water partition coefficient (Wildman–Crippen LogP) is 2.02. The number of carbonyl (C=O) groups is 1. The molecule has 1 amide bonds. The third-order valence-electron chi connectivity index (χ3n) is 6.78. The molecule has 1 N–H and O–H groups in total. The molecule has 0 aliphatic carbocycles. The third-order valence-corrected chi connectivity index (χ3v) is 8.38. The van der Waals surface area contributed by atoms with Gasteiger partial charge in [-0.15, -0.1) is 0 Å². The maximum atomic E-state index is 13.2. The summed E-state index contributed by atoms with van der Waals surface area (Å²) in [6, 6.07) is 11.6. The molecule has 14 heteroatoms. The number of H-pyrrole nitrogens is 1. The molecule has 0 saturated carbocycles. The van der Waals surface area contributed by atoms with Crippen LogP contribution < -0.4 is 10.3 Å². The van der Waals surface area contributed by atoms with Crippen LogP contribution in [0.5, 0.6) is 5.75 Å². The molecule has 1 atom stereocenters. The number of benzene rings is 2. The van der Waals surface area contributed by atoms with Crippen LogP contribution in [0.25, 0.3) is 21.8 Å². The van der Waals surface area contributed by atoms with Gasteiger partial charge < -0.3 is 14.6 Å². The van der Waals surface area contributed by atoms with E-state index in [9.17, 15) is 32.0 Å². The van der Waals surface area contributed by atoms with Gasteiger partial charge in [0.25, 0.3) is 12.0 Å². The number of carbonyl (C=O) groups excluding carboxylic acids is 1. The summed E-state index contributed by atoms with van der Waals surface area (Å²) >= 11 is 0. The highest BCUT2D eigenvalue weighted by Crippen LogP contribution is 2.26. The smallest absolute Gasteiger partial charge is 0.275 e. The number of alkyl halides is 2. The first kappa shape index (κ1) is 27.2. The summed E-state index contributed by atoms with van der Waals surface area (Å²) in [6.07, 6.45) is -1.10. The Morgan fingerprint density at radius 2 is 2.02 bits per heavy atom. The molecule has 2 aromatic carbocycles. The molecule has 4 aromatic rings. The SMILES string of the molecule is CS(=O)(=O)C1CCN(C(=O)Cn2nc(Cc3nc4cc(OCC(F)F)c(C#N)cc4[nH]3)c3ccccc3c2=O)C1. The molecule has 5 rings (SSSR count). The van der Waals surface area contributed by atoms with Gasteiger partial charge >= 0.3 is 0 Å². The van der Waals surface area contributed by atoms with E-state index in [1.54, 1.807) is 24.3 Å². The average Bonchev–Trinajstić information content (AvgIpc) is 3.56. The summed E-state index contributed by atoms with van der Waals surface area (Å²) in [5.41, 5.74) is 0.931. The number of hydrogen-bond donors (Lipinski definition) is 1. The van der Waals surface area contributed by atoms with E-state index in [0.717, 1.165) is 10.9 Å². The number of nitrogens with zero attached hydrogens (tertiary/aromatic N) is 5. The summed E-state index contributed by atoms with van der Waals surface area (Å²) in [5.74, 6) is 0.00436. The fraction of sp³-hybridized carbons (Fsp3) is 0.346. The zero-order chi connectivity index (χ0) is 28.6. The Bertz CT molecular complexity index is 1830. The molecule has 11 nitrogen and oxygen atoms in total. The Balaban J connectivity index is 1.46. The molecule has 1 saturated heterocycles. The molecule has 0 bridgehead atoms. The van der Waals surface area contributed by atoms with Crippen molar-refractivity contribution in [3.8, 4) is 11.8 Å². The van der Waals surface area contributed by atoms with E-state index in [1.165, 1.54) is 17.0 Å². The minimum absolute atomic E-state index is 0.0102. The number of fused-ring (bicyclic) bond motifs is 2. The lowest BCUT2D eigenvalue weighted by molar-refractivity contribution is -0.131. The number of rotatable bonds is 8. The van der Waals surface area contributed by atoms with Gasteiger partial charge in [-0.25, -0.2) is 26.9 Å². The number of imidazole rings is 1. The molecule has 1 fully saturated rings. The Morgan fingerprint density at radius 3 is 2.70 bits per heavy atom. The van der Waals surface area contributed by atoms with Gasteiger partial charge in [0.2, 0.25) is 5.91 Å². The molecule has 208 valence electrons. The van der Waals surface area contributed by atoms with Crippen molar-refractivity contribution in [3.63, 3.8) is 0 Å². The number of aromatic amines is 1. The van der Waals surface area contributed by atoms with Gasteiger partial charge in [-0.1, -0.05) is 18.2 Å². The van der Waals surface area contributed by atoms with E-state index in [1.807, 2.05) is 6.07 Å². The van der Waals surface area contributed by atoms with Crippen LogP contribution in [0.3, 0.4) is 0 Å². The predicted molar refractivity (Wildman–Crippen MR) is 141 cm³/mol. The molecule has 3 heterocycles. The number of nitrogens with one attached hydrogen (secondary N) is 1. The molecule has 1 unspecified atom stereocenters. The first-order valence-electron chi connectivity index (χ1n) is 12.3. The number of amides is 1. The number of ether oxygens (including phenoxy) is 1. The van der Waals surface area contributed by atoms with Gasteiger partial charge in [-0.05, 0) is 18.6 Å². The molecule has 2 aromatic heterocycles. The van der Waals surface area contributed by atoms with Crippen LogP contribution in [0.15, 0.2) is 41.2 Å². The van der Waals surface area contributed by atoms with Crippen LogP contribution in [-0.4, -0.2) is 76.6 Å². The summed E-state index contributed by atoms with van der Waals surface area (Å²) in [4.78, 5) is 35.2. The van der Waals surface area contributed by atoms with Crippen molar-refractivity contribution < 1.29 is 26.7 Å². The second-order valence-corrected chi connectivity index (χ2v) is 11.9. The highest BCUT2D eigenvalue weighted by molar-refractivity contribution is 7.91. The summed E-state index contributed by atoms with van der Waals surface area (Å²) in [6.45, 7) is -0.873. The van der Waals surface area contributed by atoms with Crippen LogP contribution in [0.1, 0.15) is 23.5 Å². The van der Waals surface area contributed by atoms with E-state index in [2.05, 4.69) is 15.1 Å². The van der Waals surface area contributed by atoms with Crippen molar-refractivity contribution >= 4 is 37.6 Å². The summed E-state index contributed by atoms with van der Waals surface area (Å²) in [5, 5.41) is 14.2. The van der Waals surface area contributed by atoms with Crippen molar-refractivity contribution in [2.24, 2.45) is 0 Å². The largest absolute Gasteiger partial charge is 0.486 e. The Kier molecular flexibility index (Phi) is 7.24. The standard InChI is InChI=1S/C26H24F2N6O5S/c1-40(37,38)16-6-7-33(12-16)25(35)13-34-26(36)18-5-3-2-4-17(18)19(32-34)10-24-30-20-8-15(11-29)22(9-21(20)31-24)39-14-23(27)28/h2-5,8-9,16,23H,6-7,10,12-14H2,1H3,(H,30,31). The number of aromatic nitrogens is 4. The van der Waals surface area contributed by atoms with E-state index >= 15 is 0 Å². The quantitative estimate of drug-likeness (QED) is 0.338. The van der Waals surface area contributed by atoms with Crippen LogP contribution in [0, 0.1) is 11.3 Å². The van der Waals surface area contributed by atoms with Crippen molar-refractivity contribution in [2.75, 3.05) is 26.0 Å². The summed E-state index contributed by atoms with van der Waals surface area (Å²) < 4.78 is 55.2. The number of likely N-dealkylation sites (tertiary alicyclic amines) is 1. The lowest BCUT2D eigenvalue weighted by Gasteiger charge is -2.17. The maximum Gasteiger partial charge on any atom is 0.275 e. The second-order valence-electron chi connectivity index (χ2n) is 9.57. The van der Waals surface area contributed by atoms with Crippen molar-refractivity contribution in [2.45, 2.75) is 31.1 Å². The molecule has 0 radical (unpaired) electrons. The number of nitriles is 1. The lowest BCUT2D eigenvalue weighted by atomic mass is 10.1. The first-order valence-corrected chi connectivity index (χ1v) is 14.3. The van der Waals surface area contributed by atoms with Crippen LogP contribution >= 0.6 is 0 Å². The second kappa shape index (κ2) is 10.6. The average molecular weight is 571 g/mol. The van der Waals surface area contributed by atoms with E-state index in [0.29, 0.717) is 39.7 Å². The Morgan fingerprint density at radius 1 is 1.27 bits per heavy atom. The zero-order valence-corrected chi connectivity index (χ0v) is 22.1. The highest BCUT2D eigenvalue weighted by atomic mass is 32.2. The van der Waals surface area contributed by atoms with Gasteiger partial charge in [0.1, 0.15) is 30.8 Å². The minimum atomic E-state index is -3.29. The maximum absolute atomic E-state index is 13.2. The van der Waals surface area contributed by atoms with Crippen LogP contribution in [-0.2, 0) is 27.6 Å². The van der Waals surface area contributed by atoms with Gasteiger partial charge in [-0.3, -0.25) is 9.59 Å². The first-order chi connectivity index (χ1) is 19.0. The van der Waals surface area contributed by atoms with Crippen LogP contribution in [0.4, 0.5) is 8.78 Å². The zero-order valence-electron chi connectivity index (χ0n) is 21.3.